The molecule has 0 saturated carbocycles. The predicted octanol–water partition coefficient (Wildman–Crippen LogP) is 2.50. The van der Waals surface area contributed by atoms with Crippen molar-refractivity contribution in [3.05, 3.63) is 36.4 Å². The number of benzene rings is 2. The Balaban J connectivity index is 1.64. The number of nitrogens with one attached hydrogen (secondary N) is 1. The van der Waals surface area contributed by atoms with Gasteiger partial charge in [0, 0.05) is 12.6 Å². The molecule has 2 aromatic carbocycles. The van der Waals surface area contributed by atoms with Crippen LogP contribution in [0, 0.1) is 0 Å². The number of carbonyl (C=O) groups excluding carboxylic acids is 1. The zero-order chi connectivity index (χ0) is 21.3. The van der Waals surface area contributed by atoms with Crippen molar-refractivity contribution in [2.24, 2.45) is 0 Å². The number of fused-ring (bicyclic) bond motifs is 1. The zero-order valence-electron chi connectivity index (χ0n) is 16.4. The van der Waals surface area contributed by atoms with E-state index in [-0.39, 0.29) is 11.4 Å². The molecule has 30 heavy (non-hydrogen) atoms. The number of rotatable bonds is 6. The first-order chi connectivity index (χ1) is 14.5. The van der Waals surface area contributed by atoms with Gasteiger partial charge in [0.2, 0.25) is 15.9 Å². The summed E-state index contributed by atoms with van der Waals surface area (Å²) in [6, 6.07) is 9.01. The van der Waals surface area contributed by atoms with Gasteiger partial charge in [-0.15, -0.1) is 0 Å². The minimum absolute atomic E-state index is 0.0624. The van der Waals surface area contributed by atoms with Crippen LogP contribution in [0.3, 0.4) is 0 Å². The Kier molecular flexibility index (Phi) is 5.58. The van der Waals surface area contributed by atoms with E-state index in [9.17, 15) is 13.2 Å². The lowest BCUT2D eigenvalue weighted by Gasteiger charge is -2.24. The van der Waals surface area contributed by atoms with Crippen LogP contribution in [-0.2, 0) is 14.8 Å². The second-order valence-electron chi connectivity index (χ2n) is 6.72. The Labute approximate surface area is 178 Å². The summed E-state index contributed by atoms with van der Waals surface area (Å²) in [5.74, 6) is 0.575. The minimum Gasteiger partial charge on any atom is -0.497 e. The fourth-order valence-electron chi connectivity index (χ4n) is 3.53. The number of aromatic nitrogens is 2. The number of methoxy groups -OCH3 is 2. The van der Waals surface area contributed by atoms with E-state index in [1.807, 2.05) is 0 Å². The molecular formula is C19H20N4O5S2. The highest BCUT2D eigenvalue weighted by Gasteiger charge is 2.40. The van der Waals surface area contributed by atoms with Crippen LogP contribution in [0.1, 0.15) is 12.8 Å². The molecule has 1 aliphatic heterocycles. The maximum atomic E-state index is 13.4. The predicted molar refractivity (Wildman–Crippen MR) is 113 cm³/mol. The third kappa shape index (κ3) is 3.59. The second kappa shape index (κ2) is 8.17. The van der Waals surface area contributed by atoms with Crippen LogP contribution >= 0.6 is 11.7 Å². The summed E-state index contributed by atoms with van der Waals surface area (Å²) in [5, 5.41) is 2.79. The third-order valence-electron chi connectivity index (χ3n) is 5.01. The van der Waals surface area contributed by atoms with E-state index < -0.39 is 22.0 Å². The maximum absolute atomic E-state index is 13.4. The van der Waals surface area contributed by atoms with Gasteiger partial charge in [0.25, 0.3) is 0 Å². The second-order valence-corrected chi connectivity index (χ2v) is 9.10. The third-order valence-corrected chi connectivity index (χ3v) is 7.49. The van der Waals surface area contributed by atoms with Gasteiger partial charge in [-0.05, 0) is 37.1 Å². The molecule has 1 amide bonds. The average Bonchev–Trinajstić information content (AvgIpc) is 3.43. The fourth-order valence-corrected chi connectivity index (χ4v) is 5.94. The molecule has 0 radical (unpaired) electrons. The van der Waals surface area contributed by atoms with Crippen LogP contribution in [0.15, 0.2) is 41.3 Å². The van der Waals surface area contributed by atoms with Gasteiger partial charge in [0.15, 0.2) is 0 Å². The molecule has 0 bridgehead atoms. The number of nitrogens with zero attached hydrogens (tertiary/aromatic N) is 3. The summed E-state index contributed by atoms with van der Waals surface area (Å²) < 4.78 is 46.7. The lowest BCUT2D eigenvalue weighted by atomic mass is 10.2. The van der Waals surface area contributed by atoms with Gasteiger partial charge in [0.1, 0.15) is 33.5 Å². The number of amides is 1. The molecule has 9 nitrogen and oxygen atoms in total. The zero-order valence-corrected chi connectivity index (χ0v) is 18.0. The summed E-state index contributed by atoms with van der Waals surface area (Å²) in [7, 11) is -0.917. The van der Waals surface area contributed by atoms with Gasteiger partial charge in [-0.3, -0.25) is 4.79 Å². The van der Waals surface area contributed by atoms with Gasteiger partial charge < -0.3 is 14.8 Å². The summed E-state index contributed by atoms with van der Waals surface area (Å²) in [6.45, 7) is 0.254. The Hall–Kier alpha value is -2.76. The standard InChI is InChI=1S/C19H20N4O5S2/c1-27-12-8-9-16(28-2)14(11-12)20-19(24)15-6-4-10-23(15)30(25,26)17-7-3-5-13-18(17)22-29-21-13/h3,5,7-9,11,15H,4,6,10H2,1-2H3,(H,20,24)/t15-/m0/s1. The molecule has 0 unspecified atom stereocenters. The van der Waals surface area contributed by atoms with Crippen molar-refractivity contribution in [1.29, 1.82) is 0 Å². The highest BCUT2D eigenvalue weighted by molar-refractivity contribution is 7.89. The number of anilines is 1. The van der Waals surface area contributed by atoms with Crippen LogP contribution in [0.25, 0.3) is 11.0 Å². The van der Waals surface area contributed by atoms with Crippen LogP contribution < -0.4 is 14.8 Å². The molecule has 1 saturated heterocycles. The van der Waals surface area contributed by atoms with Crippen molar-refractivity contribution in [2.45, 2.75) is 23.8 Å². The van der Waals surface area contributed by atoms with E-state index >= 15 is 0 Å². The molecule has 2 heterocycles. The van der Waals surface area contributed by atoms with Crippen molar-refractivity contribution in [1.82, 2.24) is 13.1 Å². The smallest absolute Gasteiger partial charge is 0.246 e. The van der Waals surface area contributed by atoms with Crippen LogP contribution in [0.5, 0.6) is 11.5 Å². The van der Waals surface area contributed by atoms with E-state index in [2.05, 4.69) is 14.1 Å². The maximum Gasteiger partial charge on any atom is 0.246 e. The normalized spacial score (nSPS) is 17.2. The van der Waals surface area contributed by atoms with E-state index in [0.29, 0.717) is 41.1 Å². The first kappa shape index (κ1) is 20.5. The topological polar surface area (TPSA) is 111 Å². The first-order valence-corrected chi connectivity index (χ1v) is 11.4. The molecule has 11 heteroatoms. The van der Waals surface area contributed by atoms with Gasteiger partial charge in [-0.1, -0.05) is 6.07 Å². The Morgan fingerprint density at radius 2 is 2.03 bits per heavy atom. The van der Waals surface area contributed by atoms with Gasteiger partial charge in [-0.25, -0.2) is 8.42 Å². The van der Waals surface area contributed by atoms with Gasteiger partial charge >= 0.3 is 0 Å². The quantitative estimate of drug-likeness (QED) is 0.617. The van der Waals surface area contributed by atoms with Crippen molar-refractivity contribution in [3.63, 3.8) is 0 Å². The highest BCUT2D eigenvalue weighted by atomic mass is 32.2. The molecule has 1 N–H and O–H groups in total. The van der Waals surface area contributed by atoms with Crippen molar-refractivity contribution in [3.8, 4) is 11.5 Å². The number of sulfonamides is 1. The van der Waals surface area contributed by atoms with Crippen LogP contribution in [0.2, 0.25) is 0 Å². The average molecular weight is 449 g/mol. The lowest BCUT2D eigenvalue weighted by molar-refractivity contribution is -0.119. The minimum atomic E-state index is -3.93. The van der Waals surface area contributed by atoms with E-state index in [1.165, 1.54) is 24.6 Å². The highest BCUT2D eigenvalue weighted by Crippen LogP contribution is 2.33. The van der Waals surface area contributed by atoms with Crippen molar-refractivity contribution >= 4 is 44.4 Å². The molecule has 158 valence electrons. The molecule has 1 atom stereocenters. The number of ether oxygens (including phenoxy) is 2. The number of carbonyl (C=O) groups is 1. The van der Waals surface area contributed by atoms with Crippen LogP contribution in [0.4, 0.5) is 5.69 Å². The number of hydrogen-bond acceptors (Lipinski definition) is 8. The number of hydrogen-bond donors (Lipinski definition) is 1. The SMILES string of the molecule is COc1ccc(OC)c(NC(=O)[C@@H]2CCCN2S(=O)(=O)c2cccc3nsnc23)c1. The summed E-state index contributed by atoms with van der Waals surface area (Å²) in [4.78, 5) is 13.1. The summed E-state index contributed by atoms with van der Waals surface area (Å²) >= 11 is 0.954. The molecule has 4 rings (SSSR count). The van der Waals surface area contributed by atoms with Crippen molar-refractivity contribution < 1.29 is 22.7 Å². The van der Waals surface area contributed by atoms with Crippen molar-refractivity contribution in [2.75, 3.05) is 26.1 Å². The summed E-state index contributed by atoms with van der Waals surface area (Å²) in [6.07, 6.45) is 1.00. The molecule has 1 aromatic heterocycles. The van der Waals surface area contributed by atoms with E-state index in [0.717, 1.165) is 11.7 Å². The molecule has 1 aliphatic rings. The largest absolute Gasteiger partial charge is 0.497 e. The summed E-state index contributed by atoms with van der Waals surface area (Å²) in [5.41, 5.74) is 1.25. The van der Waals surface area contributed by atoms with Crippen LogP contribution in [-0.4, -0.2) is 54.2 Å². The Morgan fingerprint density at radius 3 is 2.80 bits per heavy atom. The fraction of sp³-hybridized carbons (Fsp3) is 0.316. The Morgan fingerprint density at radius 1 is 1.20 bits per heavy atom. The molecule has 1 fully saturated rings. The monoisotopic (exact) mass is 448 g/mol. The van der Waals surface area contributed by atoms with Gasteiger partial charge in [0.05, 0.1) is 31.6 Å². The molecule has 0 aliphatic carbocycles. The lowest BCUT2D eigenvalue weighted by Crippen LogP contribution is -2.43. The molecule has 0 spiro atoms. The molecular weight excluding hydrogens is 428 g/mol. The first-order valence-electron chi connectivity index (χ1n) is 9.21. The van der Waals surface area contributed by atoms with E-state index in [4.69, 9.17) is 9.47 Å². The van der Waals surface area contributed by atoms with E-state index in [1.54, 1.807) is 30.3 Å². The Bertz CT molecular complexity index is 1190. The van der Waals surface area contributed by atoms with Gasteiger partial charge in [-0.2, -0.15) is 13.1 Å². The molecule has 3 aromatic rings.